The van der Waals surface area contributed by atoms with Gasteiger partial charge in [0.25, 0.3) is 0 Å². The number of nitrogens with one attached hydrogen (secondary N) is 3. The van der Waals surface area contributed by atoms with Gasteiger partial charge in [-0.25, -0.2) is 28.7 Å². The molecular formula is C23H24F2N8. The van der Waals surface area contributed by atoms with Crippen molar-refractivity contribution < 1.29 is 8.78 Å². The molecule has 0 unspecified atom stereocenters. The molecule has 0 saturated carbocycles. The summed E-state index contributed by atoms with van der Waals surface area (Å²) in [4.78, 5) is 17.0. The van der Waals surface area contributed by atoms with Gasteiger partial charge in [0.15, 0.2) is 11.6 Å². The maximum absolute atomic E-state index is 14.8. The molecule has 10 heteroatoms. The minimum absolute atomic E-state index is 0.00164. The van der Waals surface area contributed by atoms with Crippen molar-refractivity contribution in [3.05, 3.63) is 54.1 Å². The van der Waals surface area contributed by atoms with Gasteiger partial charge in [-0.05, 0) is 45.0 Å². The standard InChI is InChI=1S/C23H24F2N8/c1-12(2)33-13(3)29-22-17(24)6-14(7-19(22)33)21-18(25)11-28-23(32-21)31-20-5-4-15(10-27-20)30-16-8-26-9-16/h4-7,10-12,16,26,30H,8-9H2,1-3H3,(H,27,28,31,32). The number of aromatic nitrogens is 5. The SMILES string of the molecule is Cc1nc2c(F)cc(-c3nc(Nc4ccc(NC5CNC5)cn4)ncc3F)cc2n1C(C)C. The summed E-state index contributed by atoms with van der Waals surface area (Å²) in [5.41, 5.74) is 2.07. The number of anilines is 3. The Hall–Kier alpha value is -3.66. The maximum atomic E-state index is 14.8. The van der Waals surface area contributed by atoms with E-state index >= 15 is 0 Å². The van der Waals surface area contributed by atoms with E-state index in [0.29, 0.717) is 28.8 Å². The summed E-state index contributed by atoms with van der Waals surface area (Å²) in [6, 6.07) is 7.13. The Kier molecular flexibility index (Phi) is 5.37. The van der Waals surface area contributed by atoms with E-state index < -0.39 is 11.6 Å². The van der Waals surface area contributed by atoms with Crippen LogP contribution in [0.15, 0.2) is 36.7 Å². The van der Waals surface area contributed by atoms with Crippen LogP contribution in [0.4, 0.5) is 26.2 Å². The largest absolute Gasteiger partial charge is 0.378 e. The monoisotopic (exact) mass is 450 g/mol. The molecule has 3 aromatic heterocycles. The number of imidazole rings is 1. The van der Waals surface area contributed by atoms with Crippen LogP contribution in [-0.2, 0) is 0 Å². The number of hydrogen-bond acceptors (Lipinski definition) is 7. The average Bonchev–Trinajstić information content (AvgIpc) is 3.10. The first-order valence-electron chi connectivity index (χ1n) is 10.8. The molecule has 5 rings (SSSR count). The van der Waals surface area contributed by atoms with E-state index in [1.54, 1.807) is 18.3 Å². The van der Waals surface area contributed by atoms with Gasteiger partial charge in [-0.3, -0.25) is 0 Å². The second-order valence-corrected chi connectivity index (χ2v) is 8.40. The molecule has 1 fully saturated rings. The van der Waals surface area contributed by atoms with Crippen LogP contribution in [0.5, 0.6) is 0 Å². The molecule has 1 aliphatic rings. The number of pyridine rings is 1. The smallest absolute Gasteiger partial charge is 0.229 e. The Morgan fingerprint density at radius 1 is 1.06 bits per heavy atom. The van der Waals surface area contributed by atoms with Gasteiger partial charge in [-0.1, -0.05) is 0 Å². The zero-order chi connectivity index (χ0) is 23.1. The highest BCUT2D eigenvalue weighted by molar-refractivity contribution is 5.83. The summed E-state index contributed by atoms with van der Waals surface area (Å²) in [7, 11) is 0. The highest BCUT2D eigenvalue weighted by Crippen LogP contribution is 2.30. The zero-order valence-electron chi connectivity index (χ0n) is 18.5. The molecule has 0 atom stereocenters. The summed E-state index contributed by atoms with van der Waals surface area (Å²) in [6.45, 7) is 7.65. The van der Waals surface area contributed by atoms with Crippen LogP contribution in [0.1, 0.15) is 25.7 Å². The summed E-state index contributed by atoms with van der Waals surface area (Å²) in [5, 5.41) is 9.55. The minimum Gasteiger partial charge on any atom is -0.378 e. The molecule has 1 aliphatic heterocycles. The fourth-order valence-corrected chi connectivity index (χ4v) is 3.98. The van der Waals surface area contributed by atoms with Crippen LogP contribution < -0.4 is 16.0 Å². The van der Waals surface area contributed by atoms with Crippen LogP contribution in [-0.4, -0.2) is 43.6 Å². The van der Waals surface area contributed by atoms with Crippen molar-refractivity contribution in [3.63, 3.8) is 0 Å². The van der Waals surface area contributed by atoms with Crippen molar-refractivity contribution in [3.8, 4) is 11.3 Å². The van der Waals surface area contributed by atoms with Crippen LogP contribution >= 0.6 is 0 Å². The molecular weight excluding hydrogens is 426 g/mol. The van der Waals surface area contributed by atoms with Crippen molar-refractivity contribution in [2.24, 2.45) is 0 Å². The molecule has 4 aromatic rings. The number of rotatable bonds is 6. The number of benzene rings is 1. The van der Waals surface area contributed by atoms with Crippen molar-refractivity contribution in [2.45, 2.75) is 32.9 Å². The molecule has 0 spiro atoms. The summed E-state index contributed by atoms with van der Waals surface area (Å²) < 4.78 is 31.4. The normalized spacial score (nSPS) is 14.0. The van der Waals surface area contributed by atoms with Crippen LogP contribution in [0.3, 0.4) is 0 Å². The molecule has 1 saturated heterocycles. The fraction of sp³-hybridized carbons (Fsp3) is 0.304. The van der Waals surface area contributed by atoms with E-state index in [4.69, 9.17) is 0 Å². The molecule has 0 bridgehead atoms. The van der Waals surface area contributed by atoms with Gasteiger partial charge in [0, 0.05) is 24.7 Å². The second-order valence-electron chi connectivity index (χ2n) is 8.40. The zero-order valence-corrected chi connectivity index (χ0v) is 18.5. The molecule has 3 N–H and O–H groups in total. The second kappa shape index (κ2) is 8.36. The van der Waals surface area contributed by atoms with E-state index in [-0.39, 0.29) is 23.2 Å². The third-order valence-corrected chi connectivity index (χ3v) is 5.61. The predicted octanol–water partition coefficient (Wildman–Crippen LogP) is 4.18. The quantitative estimate of drug-likeness (QED) is 0.406. The van der Waals surface area contributed by atoms with E-state index in [1.165, 1.54) is 6.07 Å². The van der Waals surface area contributed by atoms with Crippen molar-refractivity contribution in [1.29, 1.82) is 0 Å². The summed E-state index contributed by atoms with van der Waals surface area (Å²) >= 11 is 0. The predicted molar refractivity (Wildman–Crippen MR) is 124 cm³/mol. The molecule has 0 aliphatic carbocycles. The average molecular weight is 450 g/mol. The molecule has 8 nitrogen and oxygen atoms in total. The summed E-state index contributed by atoms with van der Waals surface area (Å²) in [5.74, 6) is 0.202. The van der Waals surface area contributed by atoms with Crippen LogP contribution in [0.25, 0.3) is 22.3 Å². The van der Waals surface area contributed by atoms with Gasteiger partial charge < -0.3 is 20.5 Å². The third-order valence-electron chi connectivity index (χ3n) is 5.61. The van der Waals surface area contributed by atoms with Crippen molar-refractivity contribution in [2.75, 3.05) is 23.7 Å². The number of aryl methyl sites for hydroxylation is 1. The Morgan fingerprint density at radius 3 is 2.55 bits per heavy atom. The first-order chi connectivity index (χ1) is 15.9. The minimum atomic E-state index is -0.645. The molecule has 0 radical (unpaired) electrons. The van der Waals surface area contributed by atoms with E-state index in [9.17, 15) is 8.78 Å². The van der Waals surface area contributed by atoms with Gasteiger partial charge in [-0.15, -0.1) is 0 Å². The van der Waals surface area contributed by atoms with Crippen molar-refractivity contribution >= 4 is 28.5 Å². The first kappa shape index (κ1) is 21.2. The topological polar surface area (TPSA) is 92.6 Å². The Bertz CT molecular complexity index is 1310. The lowest BCUT2D eigenvalue weighted by atomic mass is 10.1. The lowest BCUT2D eigenvalue weighted by Gasteiger charge is -2.28. The molecule has 1 aromatic carbocycles. The molecule has 33 heavy (non-hydrogen) atoms. The lowest BCUT2D eigenvalue weighted by Crippen LogP contribution is -2.51. The van der Waals surface area contributed by atoms with Gasteiger partial charge in [-0.2, -0.15) is 0 Å². The fourth-order valence-electron chi connectivity index (χ4n) is 3.98. The first-order valence-corrected chi connectivity index (χ1v) is 10.8. The van der Waals surface area contributed by atoms with E-state index in [2.05, 4.69) is 35.9 Å². The highest BCUT2D eigenvalue weighted by Gasteiger charge is 2.19. The molecule has 170 valence electrons. The van der Waals surface area contributed by atoms with Crippen molar-refractivity contribution in [1.82, 2.24) is 29.8 Å². The number of fused-ring (bicyclic) bond motifs is 1. The summed E-state index contributed by atoms with van der Waals surface area (Å²) in [6.07, 6.45) is 2.78. The van der Waals surface area contributed by atoms with E-state index in [0.717, 1.165) is 25.0 Å². The lowest BCUT2D eigenvalue weighted by molar-refractivity contribution is 0.472. The Morgan fingerprint density at radius 2 is 1.88 bits per heavy atom. The Balaban J connectivity index is 1.45. The van der Waals surface area contributed by atoms with Gasteiger partial charge in [0.1, 0.15) is 22.9 Å². The maximum Gasteiger partial charge on any atom is 0.229 e. The number of nitrogens with zero attached hydrogens (tertiary/aromatic N) is 5. The van der Waals surface area contributed by atoms with Gasteiger partial charge in [0.2, 0.25) is 5.95 Å². The highest BCUT2D eigenvalue weighted by atomic mass is 19.1. The van der Waals surface area contributed by atoms with Gasteiger partial charge in [0.05, 0.1) is 29.6 Å². The van der Waals surface area contributed by atoms with Crippen LogP contribution in [0, 0.1) is 18.6 Å². The van der Waals surface area contributed by atoms with Gasteiger partial charge >= 0.3 is 0 Å². The third kappa shape index (κ3) is 4.09. The number of halogens is 2. The number of hydrogen-bond donors (Lipinski definition) is 3. The Labute approximate surface area is 189 Å². The molecule has 0 amide bonds. The van der Waals surface area contributed by atoms with E-state index in [1.807, 2.05) is 31.4 Å². The molecule has 4 heterocycles. The van der Waals surface area contributed by atoms with Crippen LogP contribution in [0.2, 0.25) is 0 Å².